The number of hydrogen-bond acceptors (Lipinski definition) is 6. The normalized spacial score (nSPS) is 10.6. The van der Waals surface area contributed by atoms with E-state index in [0.717, 1.165) is 10.0 Å². The number of halogens is 1. The van der Waals surface area contributed by atoms with Gasteiger partial charge in [-0.25, -0.2) is 10.2 Å². The van der Waals surface area contributed by atoms with Crippen LogP contribution in [0.25, 0.3) is 0 Å². The molecule has 0 heterocycles. The average Bonchev–Trinajstić information content (AvgIpc) is 2.95. The highest BCUT2D eigenvalue weighted by molar-refractivity contribution is 9.10. The summed E-state index contributed by atoms with van der Waals surface area (Å²) in [4.78, 5) is 49.7. The molecule has 4 rings (SSSR count). The molecule has 0 atom stereocenters. The first-order chi connectivity index (χ1) is 19.3. The molecule has 0 saturated heterocycles. The topological polar surface area (TPSA) is 126 Å². The number of anilines is 2. The quantitative estimate of drug-likeness (QED) is 0.0872. The van der Waals surface area contributed by atoms with Crippen molar-refractivity contribution in [3.8, 4) is 5.75 Å². The molecule has 0 fully saturated rings. The van der Waals surface area contributed by atoms with Gasteiger partial charge < -0.3 is 15.4 Å². The van der Waals surface area contributed by atoms with Crippen molar-refractivity contribution in [1.82, 2.24) is 5.43 Å². The summed E-state index contributed by atoms with van der Waals surface area (Å²) in [7, 11) is 0. The Balaban J connectivity index is 1.30. The Hall–Kier alpha value is -5.09. The lowest BCUT2D eigenvalue weighted by molar-refractivity contribution is -0.136. The molecule has 40 heavy (non-hydrogen) atoms. The third kappa shape index (κ3) is 7.71. The van der Waals surface area contributed by atoms with Crippen LogP contribution in [0.15, 0.2) is 107 Å². The van der Waals surface area contributed by atoms with Crippen molar-refractivity contribution in [1.29, 1.82) is 0 Å². The Morgan fingerprint density at radius 3 is 2.15 bits per heavy atom. The van der Waals surface area contributed by atoms with Crippen LogP contribution in [-0.4, -0.2) is 29.9 Å². The minimum Gasteiger partial charge on any atom is -0.423 e. The summed E-state index contributed by atoms with van der Waals surface area (Å²) >= 11 is 3.31. The van der Waals surface area contributed by atoms with Crippen molar-refractivity contribution in [2.45, 2.75) is 6.92 Å². The zero-order chi connectivity index (χ0) is 28.5. The molecule has 0 aliphatic carbocycles. The Labute approximate surface area is 238 Å². The molecule has 9 nitrogen and oxygen atoms in total. The van der Waals surface area contributed by atoms with E-state index in [1.807, 2.05) is 19.1 Å². The number of aryl methyl sites for hydroxylation is 1. The molecule has 0 radical (unpaired) electrons. The predicted octanol–water partition coefficient (Wildman–Crippen LogP) is 5.32. The van der Waals surface area contributed by atoms with E-state index in [-0.39, 0.29) is 11.3 Å². The van der Waals surface area contributed by atoms with Crippen LogP contribution in [-0.2, 0) is 9.59 Å². The number of rotatable bonds is 7. The van der Waals surface area contributed by atoms with E-state index in [4.69, 9.17) is 4.74 Å². The molecule has 0 aromatic heterocycles. The lowest BCUT2D eigenvalue weighted by Crippen LogP contribution is -2.33. The number of benzene rings is 4. The van der Waals surface area contributed by atoms with Gasteiger partial charge in [0.25, 0.3) is 5.91 Å². The molecule has 0 spiro atoms. The molecule has 3 amide bonds. The molecule has 200 valence electrons. The van der Waals surface area contributed by atoms with Gasteiger partial charge in [0.2, 0.25) is 0 Å². The number of hydrazone groups is 1. The van der Waals surface area contributed by atoms with Crippen LogP contribution in [0.1, 0.15) is 31.8 Å². The number of nitrogens with zero attached hydrogens (tertiary/aromatic N) is 1. The van der Waals surface area contributed by atoms with Gasteiger partial charge in [-0.15, -0.1) is 0 Å². The maximum atomic E-state index is 12.8. The van der Waals surface area contributed by atoms with E-state index in [1.165, 1.54) is 18.3 Å². The molecule has 0 unspecified atom stereocenters. The van der Waals surface area contributed by atoms with Crippen LogP contribution >= 0.6 is 15.9 Å². The van der Waals surface area contributed by atoms with Gasteiger partial charge in [-0.1, -0.05) is 45.8 Å². The molecule has 4 aromatic rings. The second kappa shape index (κ2) is 13.1. The molecule has 4 aromatic carbocycles. The number of esters is 1. The summed E-state index contributed by atoms with van der Waals surface area (Å²) in [5.74, 6) is -2.63. The number of nitrogens with one attached hydrogen (secondary N) is 3. The fourth-order valence-electron chi connectivity index (χ4n) is 3.39. The second-order valence-corrected chi connectivity index (χ2v) is 9.40. The Kier molecular flexibility index (Phi) is 9.16. The summed E-state index contributed by atoms with van der Waals surface area (Å²) in [5, 5.41) is 9.00. The SMILES string of the molecule is Cc1ccc(NC(=O)c2ccccc2NC(=O)C(=O)N/N=C/c2ccc(OC(=O)c3ccc(Br)cc3)cc2)cc1. The van der Waals surface area contributed by atoms with Crippen molar-refractivity contribution >= 4 is 57.2 Å². The summed E-state index contributed by atoms with van der Waals surface area (Å²) < 4.78 is 6.19. The number of hydrogen-bond donors (Lipinski definition) is 3. The van der Waals surface area contributed by atoms with Gasteiger partial charge in [0, 0.05) is 10.2 Å². The van der Waals surface area contributed by atoms with E-state index in [9.17, 15) is 19.2 Å². The minimum atomic E-state index is -1.02. The summed E-state index contributed by atoms with van der Waals surface area (Å²) in [5.41, 5.74) is 5.15. The highest BCUT2D eigenvalue weighted by Gasteiger charge is 2.18. The summed E-state index contributed by atoms with van der Waals surface area (Å²) in [6.45, 7) is 1.94. The number of carbonyl (C=O) groups is 4. The minimum absolute atomic E-state index is 0.171. The zero-order valence-corrected chi connectivity index (χ0v) is 22.8. The number of amides is 3. The average molecular weight is 599 g/mol. The largest absolute Gasteiger partial charge is 0.423 e. The molecular formula is C30H23BrN4O5. The first kappa shape index (κ1) is 27.9. The maximum Gasteiger partial charge on any atom is 0.343 e. The second-order valence-electron chi connectivity index (χ2n) is 8.48. The highest BCUT2D eigenvalue weighted by Crippen LogP contribution is 2.18. The van der Waals surface area contributed by atoms with Crippen molar-refractivity contribution in [3.63, 3.8) is 0 Å². The van der Waals surface area contributed by atoms with Gasteiger partial charge >= 0.3 is 17.8 Å². The van der Waals surface area contributed by atoms with Crippen LogP contribution in [0.3, 0.4) is 0 Å². The van der Waals surface area contributed by atoms with E-state index in [0.29, 0.717) is 22.6 Å². The van der Waals surface area contributed by atoms with Gasteiger partial charge in [0.1, 0.15) is 5.75 Å². The van der Waals surface area contributed by atoms with E-state index >= 15 is 0 Å². The van der Waals surface area contributed by atoms with Crippen molar-refractivity contribution in [3.05, 3.63) is 124 Å². The first-order valence-electron chi connectivity index (χ1n) is 12.0. The van der Waals surface area contributed by atoms with Crippen LogP contribution in [0, 0.1) is 6.92 Å². The Bertz CT molecular complexity index is 1570. The van der Waals surface area contributed by atoms with Gasteiger partial charge in [-0.3, -0.25) is 14.4 Å². The molecule has 3 N–H and O–H groups in total. The third-order valence-electron chi connectivity index (χ3n) is 5.49. The first-order valence-corrected chi connectivity index (χ1v) is 12.8. The zero-order valence-electron chi connectivity index (χ0n) is 21.2. The smallest absolute Gasteiger partial charge is 0.343 e. The number of para-hydroxylation sites is 1. The monoisotopic (exact) mass is 598 g/mol. The molecule has 0 saturated carbocycles. The van der Waals surface area contributed by atoms with Crippen LogP contribution in [0.2, 0.25) is 0 Å². The standard InChI is InChI=1S/C30H23BrN4O5/c1-19-6-14-23(15-7-19)33-27(36)25-4-2-3-5-26(25)34-28(37)29(38)35-32-18-20-8-16-24(17-9-20)40-30(39)21-10-12-22(31)13-11-21/h2-18H,1H3,(H,33,36)(H,34,37)(H,35,38)/b32-18+. The lowest BCUT2D eigenvalue weighted by Gasteiger charge is -2.11. The third-order valence-corrected chi connectivity index (χ3v) is 6.01. The molecule has 0 aliphatic heterocycles. The maximum absolute atomic E-state index is 12.8. The van der Waals surface area contributed by atoms with Crippen LogP contribution < -0.4 is 20.8 Å². The van der Waals surface area contributed by atoms with Crippen molar-refractivity contribution in [2.75, 3.05) is 10.6 Å². The van der Waals surface area contributed by atoms with E-state index in [2.05, 4.69) is 37.1 Å². The number of ether oxygens (including phenoxy) is 1. The predicted molar refractivity (Wildman–Crippen MR) is 155 cm³/mol. The van der Waals surface area contributed by atoms with Gasteiger partial charge in [0.05, 0.1) is 23.0 Å². The van der Waals surface area contributed by atoms with Crippen molar-refractivity contribution < 1.29 is 23.9 Å². The Morgan fingerprint density at radius 1 is 0.775 bits per heavy atom. The lowest BCUT2D eigenvalue weighted by atomic mass is 10.1. The fourth-order valence-corrected chi connectivity index (χ4v) is 3.66. The highest BCUT2D eigenvalue weighted by atomic mass is 79.9. The molecule has 0 bridgehead atoms. The van der Waals surface area contributed by atoms with Crippen LogP contribution in [0.5, 0.6) is 5.75 Å². The van der Waals surface area contributed by atoms with Gasteiger partial charge in [-0.2, -0.15) is 5.10 Å². The fraction of sp³-hybridized carbons (Fsp3) is 0.0333. The molecule has 10 heteroatoms. The van der Waals surface area contributed by atoms with E-state index < -0.39 is 23.7 Å². The Morgan fingerprint density at radius 2 is 1.45 bits per heavy atom. The van der Waals surface area contributed by atoms with Crippen LogP contribution in [0.4, 0.5) is 11.4 Å². The van der Waals surface area contributed by atoms with Gasteiger partial charge in [-0.05, 0) is 85.3 Å². The molecular weight excluding hydrogens is 576 g/mol. The summed E-state index contributed by atoms with van der Waals surface area (Å²) in [6.07, 6.45) is 1.33. The molecule has 0 aliphatic rings. The number of carbonyl (C=O) groups excluding carboxylic acids is 4. The van der Waals surface area contributed by atoms with E-state index in [1.54, 1.807) is 72.8 Å². The van der Waals surface area contributed by atoms with Gasteiger partial charge in [0.15, 0.2) is 0 Å². The van der Waals surface area contributed by atoms with Crippen molar-refractivity contribution in [2.24, 2.45) is 5.10 Å². The summed E-state index contributed by atoms with van der Waals surface area (Å²) in [6, 6.07) is 26.8.